The first-order chi connectivity index (χ1) is 7.99. The van der Waals surface area contributed by atoms with Crippen molar-refractivity contribution in [3.05, 3.63) is 22.7 Å². The van der Waals surface area contributed by atoms with Crippen molar-refractivity contribution in [2.24, 2.45) is 5.73 Å². The summed E-state index contributed by atoms with van der Waals surface area (Å²) in [6, 6.07) is 2.33. The number of aryl methyl sites for hydroxylation is 1. The maximum Gasteiger partial charge on any atom is 0.243 e. The fraction of sp³-hybridized carbons (Fsp3) is 0.364. The fourth-order valence-corrected chi connectivity index (χ4v) is 1.39. The first-order valence-electron chi connectivity index (χ1n) is 5.01. The van der Waals surface area contributed by atoms with E-state index in [1.165, 1.54) is 7.11 Å². The number of ether oxygens (including phenoxy) is 1. The summed E-state index contributed by atoms with van der Waals surface area (Å²) in [4.78, 5) is 11.5. The lowest BCUT2D eigenvalue weighted by molar-refractivity contribution is -0.118. The zero-order valence-electron chi connectivity index (χ0n) is 9.66. The number of amides is 1. The van der Waals surface area contributed by atoms with Crippen molar-refractivity contribution in [3.8, 4) is 5.75 Å². The number of halogens is 1. The van der Waals surface area contributed by atoms with Gasteiger partial charge in [0.2, 0.25) is 5.91 Å². The van der Waals surface area contributed by atoms with E-state index in [2.05, 4.69) is 5.32 Å². The highest BCUT2D eigenvalue weighted by molar-refractivity contribution is 6.31. The van der Waals surface area contributed by atoms with Gasteiger partial charge >= 0.3 is 0 Å². The molecule has 6 heteroatoms. The second kappa shape index (κ2) is 5.86. The van der Waals surface area contributed by atoms with Gasteiger partial charge in [-0.3, -0.25) is 4.79 Å². The molecule has 17 heavy (non-hydrogen) atoms. The number of hydrogen-bond acceptors (Lipinski definition) is 4. The van der Waals surface area contributed by atoms with Crippen LogP contribution >= 0.6 is 11.6 Å². The molecule has 1 aromatic rings. The molecular weight excluding hydrogens is 244 g/mol. The van der Waals surface area contributed by atoms with E-state index in [0.29, 0.717) is 16.5 Å². The van der Waals surface area contributed by atoms with E-state index in [9.17, 15) is 4.79 Å². The van der Waals surface area contributed by atoms with Crippen LogP contribution in [0.25, 0.3) is 0 Å². The van der Waals surface area contributed by atoms with Gasteiger partial charge in [0.15, 0.2) is 0 Å². The number of aliphatic hydroxyl groups excluding tert-OH is 1. The van der Waals surface area contributed by atoms with Crippen LogP contribution in [0, 0.1) is 6.92 Å². The Hall–Kier alpha value is -1.30. The Balaban J connectivity index is 2.97. The Labute approximate surface area is 105 Å². The van der Waals surface area contributed by atoms with Crippen molar-refractivity contribution >= 4 is 23.2 Å². The number of anilines is 1. The van der Waals surface area contributed by atoms with Gasteiger partial charge in [0.05, 0.1) is 19.4 Å². The molecule has 5 nitrogen and oxygen atoms in total. The summed E-state index contributed by atoms with van der Waals surface area (Å²) in [5, 5.41) is 11.9. The topological polar surface area (TPSA) is 84.6 Å². The molecular formula is C11H15ClN2O3. The van der Waals surface area contributed by atoms with Crippen LogP contribution in [-0.4, -0.2) is 30.8 Å². The SMILES string of the molecule is COc1cc(Cl)c(C)cc1NC(=O)C(N)CO. The summed E-state index contributed by atoms with van der Waals surface area (Å²) >= 11 is 5.93. The number of rotatable bonds is 4. The average Bonchev–Trinajstić information content (AvgIpc) is 2.32. The lowest BCUT2D eigenvalue weighted by Gasteiger charge is -2.14. The Morgan fingerprint density at radius 2 is 2.29 bits per heavy atom. The van der Waals surface area contributed by atoms with Crippen molar-refractivity contribution in [2.45, 2.75) is 13.0 Å². The van der Waals surface area contributed by atoms with E-state index in [0.717, 1.165) is 5.56 Å². The first-order valence-corrected chi connectivity index (χ1v) is 5.38. The highest BCUT2D eigenvalue weighted by atomic mass is 35.5. The zero-order valence-corrected chi connectivity index (χ0v) is 10.4. The van der Waals surface area contributed by atoms with Gasteiger partial charge in [-0.05, 0) is 18.6 Å². The summed E-state index contributed by atoms with van der Waals surface area (Å²) in [6.07, 6.45) is 0. The zero-order chi connectivity index (χ0) is 13.0. The van der Waals surface area contributed by atoms with Crippen LogP contribution in [0.1, 0.15) is 5.56 Å². The van der Waals surface area contributed by atoms with Gasteiger partial charge in [-0.2, -0.15) is 0 Å². The van der Waals surface area contributed by atoms with E-state index in [4.69, 9.17) is 27.2 Å². The molecule has 0 heterocycles. The minimum atomic E-state index is -0.962. The maximum absolute atomic E-state index is 11.5. The van der Waals surface area contributed by atoms with Crippen LogP contribution in [0.4, 0.5) is 5.69 Å². The van der Waals surface area contributed by atoms with Gasteiger partial charge in [-0.1, -0.05) is 11.6 Å². The van der Waals surface area contributed by atoms with Crippen LogP contribution in [0.15, 0.2) is 12.1 Å². The quantitative estimate of drug-likeness (QED) is 0.750. The summed E-state index contributed by atoms with van der Waals surface area (Å²) in [5.41, 5.74) is 6.68. The van der Waals surface area contributed by atoms with Gasteiger partial charge < -0.3 is 20.9 Å². The smallest absolute Gasteiger partial charge is 0.243 e. The van der Waals surface area contributed by atoms with Gasteiger partial charge in [0.25, 0.3) is 0 Å². The van der Waals surface area contributed by atoms with Crippen molar-refractivity contribution in [1.29, 1.82) is 0 Å². The number of benzene rings is 1. The van der Waals surface area contributed by atoms with Crippen LogP contribution in [0.2, 0.25) is 5.02 Å². The Morgan fingerprint density at radius 3 is 2.82 bits per heavy atom. The van der Waals surface area contributed by atoms with E-state index in [1.807, 2.05) is 6.92 Å². The third-order valence-electron chi connectivity index (χ3n) is 2.27. The van der Waals surface area contributed by atoms with Crippen LogP contribution in [0.3, 0.4) is 0 Å². The second-order valence-electron chi connectivity index (χ2n) is 3.58. The van der Waals surface area contributed by atoms with E-state index in [-0.39, 0.29) is 0 Å². The predicted molar refractivity (Wildman–Crippen MR) is 66.4 cm³/mol. The molecule has 94 valence electrons. The van der Waals surface area contributed by atoms with Gasteiger partial charge in [0.1, 0.15) is 11.8 Å². The van der Waals surface area contributed by atoms with Gasteiger partial charge in [0, 0.05) is 11.1 Å². The summed E-state index contributed by atoms with van der Waals surface area (Å²) in [5.74, 6) is -0.0355. The molecule has 1 aromatic carbocycles. The van der Waals surface area contributed by atoms with E-state index >= 15 is 0 Å². The molecule has 1 atom stereocenters. The van der Waals surface area contributed by atoms with Crippen LogP contribution in [-0.2, 0) is 4.79 Å². The standard InChI is InChI=1S/C11H15ClN2O3/c1-6-3-9(10(17-2)4-7(6)12)14-11(16)8(13)5-15/h3-4,8,15H,5,13H2,1-2H3,(H,14,16). The minimum absolute atomic E-state index is 0.416. The molecule has 0 aromatic heterocycles. The summed E-state index contributed by atoms with van der Waals surface area (Å²) in [7, 11) is 1.47. The number of methoxy groups -OCH3 is 1. The highest BCUT2D eigenvalue weighted by Gasteiger charge is 2.15. The normalized spacial score (nSPS) is 12.1. The van der Waals surface area contributed by atoms with E-state index in [1.54, 1.807) is 12.1 Å². The number of hydrogen-bond donors (Lipinski definition) is 3. The second-order valence-corrected chi connectivity index (χ2v) is 3.99. The fourth-order valence-electron chi connectivity index (χ4n) is 1.24. The van der Waals surface area contributed by atoms with Crippen LogP contribution in [0.5, 0.6) is 5.75 Å². The monoisotopic (exact) mass is 258 g/mol. The molecule has 0 saturated carbocycles. The molecule has 1 rings (SSSR count). The van der Waals surface area contributed by atoms with E-state index < -0.39 is 18.6 Å². The molecule has 0 aliphatic heterocycles. The minimum Gasteiger partial charge on any atom is -0.495 e. The third-order valence-corrected chi connectivity index (χ3v) is 2.68. The molecule has 1 unspecified atom stereocenters. The lowest BCUT2D eigenvalue weighted by Crippen LogP contribution is -2.38. The first kappa shape index (κ1) is 13.8. The lowest BCUT2D eigenvalue weighted by atomic mass is 10.2. The van der Waals surface area contributed by atoms with Crippen molar-refractivity contribution < 1.29 is 14.6 Å². The maximum atomic E-state index is 11.5. The highest BCUT2D eigenvalue weighted by Crippen LogP contribution is 2.30. The number of nitrogens with two attached hydrogens (primary N) is 1. The Bertz CT molecular complexity index is 423. The number of carbonyl (C=O) groups excluding carboxylic acids is 1. The van der Waals surface area contributed by atoms with Crippen LogP contribution < -0.4 is 15.8 Å². The van der Waals surface area contributed by atoms with Gasteiger partial charge in [-0.15, -0.1) is 0 Å². The summed E-state index contributed by atoms with van der Waals surface area (Å²) in [6.45, 7) is 1.39. The van der Waals surface area contributed by atoms with Crippen molar-refractivity contribution in [1.82, 2.24) is 0 Å². The number of aliphatic hydroxyl groups is 1. The number of nitrogens with one attached hydrogen (secondary N) is 1. The molecule has 0 aliphatic carbocycles. The molecule has 0 radical (unpaired) electrons. The summed E-state index contributed by atoms with van der Waals surface area (Å²) < 4.78 is 5.09. The van der Waals surface area contributed by atoms with Crippen molar-refractivity contribution in [2.75, 3.05) is 19.0 Å². The molecule has 0 aliphatic rings. The largest absolute Gasteiger partial charge is 0.495 e. The van der Waals surface area contributed by atoms with Crippen molar-refractivity contribution in [3.63, 3.8) is 0 Å². The average molecular weight is 259 g/mol. The molecule has 0 fully saturated rings. The molecule has 4 N–H and O–H groups in total. The third kappa shape index (κ3) is 3.33. The Kier molecular flexibility index (Phi) is 4.74. The molecule has 0 saturated heterocycles. The Morgan fingerprint density at radius 1 is 1.65 bits per heavy atom. The van der Waals surface area contributed by atoms with Gasteiger partial charge in [-0.25, -0.2) is 0 Å². The molecule has 1 amide bonds. The predicted octanol–water partition coefficient (Wildman–Crippen LogP) is 0.915. The molecule has 0 spiro atoms. The molecule has 0 bridgehead atoms. The number of carbonyl (C=O) groups is 1.